The second-order valence-corrected chi connectivity index (χ2v) is 5.82. The molecule has 0 spiro atoms. The van der Waals surface area contributed by atoms with Gasteiger partial charge in [0.1, 0.15) is 5.78 Å². The zero-order valence-electron chi connectivity index (χ0n) is 12.6. The Kier molecular flexibility index (Phi) is 4.79. The normalized spacial score (nSPS) is 19.1. The standard InChI is InChI=1S/C18H26O/c1-4-6-8-15-12-17-13(3)18(19)10-7-9-16(17)11-14(15)5-2/h11-13H,4-10H2,1-3H3. The van der Waals surface area contributed by atoms with Crippen molar-refractivity contribution in [2.24, 2.45) is 0 Å². The molecule has 0 N–H and O–H groups in total. The van der Waals surface area contributed by atoms with Crippen LogP contribution < -0.4 is 0 Å². The smallest absolute Gasteiger partial charge is 0.140 e. The first-order valence-electron chi connectivity index (χ1n) is 7.84. The predicted octanol–water partition coefficient (Wildman–Crippen LogP) is 4.60. The average Bonchev–Trinajstić information content (AvgIpc) is 2.56. The van der Waals surface area contributed by atoms with E-state index in [1.807, 2.05) is 0 Å². The van der Waals surface area contributed by atoms with Crippen LogP contribution in [0.15, 0.2) is 12.1 Å². The van der Waals surface area contributed by atoms with Gasteiger partial charge in [0.15, 0.2) is 0 Å². The van der Waals surface area contributed by atoms with Crippen LogP contribution in [0.4, 0.5) is 0 Å². The second kappa shape index (κ2) is 6.36. The molecule has 19 heavy (non-hydrogen) atoms. The van der Waals surface area contributed by atoms with E-state index in [4.69, 9.17) is 0 Å². The molecule has 1 aliphatic carbocycles. The fourth-order valence-electron chi connectivity index (χ4n) is 3.15. The highest BCUT2D eigenvalue weighted by Gasteiger charge is 2.22. The molecule has 1 aromatic carbocycles. The fourth-order valence-corrected chi connectivity index (χ4v) is 3.15. The van der Waals surface area contributed by atoms with Crippen LogP contribution in [0.3, 0.4) is 0 Å². The van der Waals surface area contributed by atoms with Gasteiger partial charge in [-0.2, -0.15) is 0 Å². The highest BCUT2D eigenvalue weighted by atomic mass is 16.1. The van der Waals surface area contributed by atoms with Crippen LogP contribution >= 0.6 is 0 Å². The number of unbranched alkanes of at least 4 members (excludes halogenated alkanes) is 1. The van der Waals surface area contributed by atoms with Gasteiger partial charge in [0, 0.05) is 12.3 Å². The molecule has 0 fully saturated rings. The topological polar surface area (TPSA) is 17.1 Å². The van der Waals surface area contributed by atoms with Crippen molar-refractivity contribution in [2.45, 2.75) is 71.6 Å². The van der Waals surface area contributed by atoms with Gasteiger partial charge < -0.3 is 0 Å². The van der Waals surface area contributed by atoms with Gasteiger partial charge in [-0.15, -0.1) is 0 Å². The molecule has 2 rings (SSSR count). The van der Waals surface area contributed by atoms with Crippen LogP contribution in [0.25, 0.3) is 0 Å². The molecule has 1 nitrogen and oxygen atoms in total. The van der Waals surface area contributed by atoms with Crippen molar-refractivity contribution in [3.05, 3.63) is 34.4 Å². The number of hydrogen-bond acceptors (Lipinski definition) is 1. The molecule has 0 bridgehead atoms. The number of carbonyl (C=O) groups excluding carboxylic acids is 1. The van der Waals surface area contributed by atoms with Gasteiger partial charge in [0.05, 0.1) is 0 Å². The molecular formula is C18H26O. The SMILES string of the molecule is CCCCc1cc2c(cc1CC)CCCC(=O)C2C. The summed E-state index contributed by atoms with van der Waals surface area (Å²) in [5.74, 6) is 0.522. The van der Waals surface area contributed by atoms with Gasteiger partial charge in [-0.25, -0.2) is 0 Å². The number of Topliss-reactive ketones (excluding diaryl/α,β-unsaturated/α-hetero) is 1. The van der Waals surface area contributed by atoms with E-state index in [1.165, 1.54) is 35.1 Å². The fraction of sp³-hybridized carbons (Fsp3) is 0.611. The Hall–Kier alpha value is -1.11. The minimum Gasteiger partial charge on any atom is -0.299 e. The van der Waals surface area contributed by atoms with Crippen molar-refractivity contribution >= 4 is 5.78 Å². The highest BCUT2D eigenvalue weighted by molar-refractivity contribution is 5.86. The quantitative estimate of drug-likeness (QED) is 0.721. The van der Waals surface area contributed by atoms with Crippen molar-refractivity contribution in [1.29, 1.82) is 0 Å². The minimum absolute atomic E-state index is 0.101. The maximum atomic E-state index is 12.1. The van der Waals surface area contributed by atoms with Crippen molar-refractivity contribution in [3.8, 4) is 0 Å². The van der Waals surface area contributed by atoms with Crippen LogP contribution in [-0.2, 0) is 24.1 Å². The molecule has 1 aromatic rings. The van der Waals surface area contributed by atoms with Crippen LogP contribution in [-0.4, -0.2) is 5.78 Å². The van der Waals surface area contributed by atoms with Gasteiger partial charge in [-0.3, -0.25) is 4.79 Å². The predicted molar refractivity (Wildman–Crippen MR) is 80.8 cm³/mol. The first-order valence-corrected chi connectivity index (χ1v) is 7.84. The van der Waals surface area contributed by atoms with Gasteiger partial charge in [0.25, 0.3) is 0 Å². The summed E-state index contributed by atoms with van der Waals surface area (Å²) < 4.78 is 0. The molecule has 1 atom stereocenters. The molecule has 1 heteroatoms. The van der Waals surface area contributed by atoms with Gasteiger partial charge in [-0.1, -0.05) is 39.3 Å². The summed E-state index contributed by atoms with van der Waals surface area (Å²) in [5.41, 5.74) is 5.71. The summed E-state index contributed by atoms with van der Waals surface area (Å²) in [4.78, 5) is 12.1. The first kappa shape index (κ1) is 14.3. The number of rotatable bonds is 4. The summed E-state index contributed by atoms with van der Waals surface area (Å²) in [6.45, 7) is 6.56. The van der Waals surface area contributed by atoms with E-state index in [2.05, 4.69) is 32.9 Å². The van der Waals surface area contributed by atoms with Crippen LogP contribution in [0, 0.1) is 0 Å². The van der Waals surface area contributed by atoms with E-state index in [0.717, 1.165) is 32.1 Å². The lowest BCUT2D eigenvalue weighted by Crippen LogP contribution is -2.09. The number of hydrogen-bond donors (Lipinski definition) is 0. The summed E-state index contributed by atoms with van der Waals surface area (Å²) in [6, 6.07) is 4.73. The number of carbonyl (C=O) groups is 1. The lowest BCUT2D eigenvalue weighted by atomic mass is 9.87. The molecule has 0 aliphatic heterocycles. The van der Waals surface area contributed by atoms with Crippen LogP contribution in [0.2, 0.25) is 0 Å². The first-order chi connectivity index (χ1) is 9.17. The zero-order valence-corrected chi connectivity index (χ0v) is 12.6. The minimum atomic E-state index is 0.101. The summed E-state index contributed by atoms with van der Waals surface area (Å²) in [7, 11) is 0. The monoisotopic (exact) mass is 258 g/mol. The highest BCUT2D eigenvalue weighted by Crippen LogP contribution is 2.31. The Morgan fingerprint density at radius 2 is 1.95 bits per heavy atom. The van der Waals surface area contributed by atoms with Crippen molar-refractivity contribution in [3.63, 3.8) is 0 Å². The maximum Gasteiger partial charge on any atom is 0.140 e. The van der Waals surface area contributed by atoms with Gasteiger partial charge >= 0.3 is 0 Å². The summed E-state index contributed by atoms with van der Waals surface area (Å²) in [5, 5.41) is 0. The molecule has 104 valence electrons. The third kappa shape index (κ3) is 3.08. The molecule has 1 aliphatic rings. The van der Waals surface area contributed by atoms with Crippen molar-refractivity contribution in [2.75, 3.05) is 0 Å². The summed E-state index contributed by atoms with van der Waals surface area (Å²) in [6.07, 6.45) is 7.59. The molecule has 0 heterocycles. The van der Waals surface area contributed by atoms with E-state index >= 15 is 0 Å². The molecule has 0 aromatic heterocycles. The summed E-state index contributed by atoms with van der Waals surface area (Å²) >= 11 is 0. The number of benzene rings is 1. The largest absolute Gasteiger partial charge is 0.299 e. The molecule has 0 saturated heterocycles. The number of fused-ring (bicyclic) bond motifs is 1. The van der Waals surface area contributed by atoms with E-state index < -0.39 is 0 Å². The molecule has 1 unspecified atom stereocenters. The Morgan fingerprint density at radius 3 is 2.63 bits per heavy atom. The van der Waals surface area contributed by atoms with E-state index in [1.54, 1.807) is 0 Å². The lowest BCUT2D eigenvalue weighted by Gasteiger charge is -2.17. The average molecular weight is 258 g/mol. The Balaban J connectivity index is 2.41. The van der Waals surface area contributed by atoms with Gasteiger partial charge in [-0.05, 0) is 54.4 Å². The van der Waals surface area contributed by atoms with Crippen molar-refractivity contribution in [1.82, 2.24) is 0 Å². The Bertz CT molecular complexity index is 459. The van der Waals surface area contributed by atoms with Crippen LogP contribution in [0.5, 0.6) is 0 Å². The lowest BCUT2D eigenvalue weighted by molar-refractivity contribution is -0.120. The maximum absolute atomic E-state index is 12.1. The second-order valence-electron chi connectivity index (χ2n) is 5.82. The van der Waals surface area contributed by atoms with Crippen LogP contribution in [0.1, 0.15) is 74.6 Å². The van der Waals surface area contributed by atoms with E-state index in [0.29, 0.717) is 5.78 Å². The van der Waals surface area contributed by atoms with Gasteiger partial charge in [0.2, 0.25) is 0 Å². The number of ketones is 1. The Labute approximate surface area is 117 Å². The zero-order chi connectivity index (χ0) is 13.8. The van der Waals surface area contributed by atoms with E-state index in [-0.39, 0.29) is 5.92 Å². The van der Waals surface area contributed by atoms with E-state index in [9.17, 15) is 4.79 Å². The number of aryl methyl sites for hydroxylation is 3. The molecule has 0 radical (unpaired) electrons. The molecular weight excluding hydrogens is 232 g/mol. The molecule has 0 saturated carbocycles. The van der Waals surface area contributed by atoms with Crippen molar-refractivity contribution < 1.29 is 4.79 Å². The third-order valence-corrected chi connectivity index (χ3v) is 4.46. The molecule has 0 amide bonds. The Morgan fingerprint density at radius 1 is 1.16 bits per heavy atom. The third-order valence-electron chi connectivity index (χ3n) is 4.46.